The van der Waals surface area contributed by atoms with E-state index < -0.39 is 0 Å². The molecule has 1 aromatic carbocycles. The van der Waals surface area contributed by atoms with Gasteiger partial charge in [0.1, 0.15) is 0 Å². The third kappa shape index (κ3) is 1.69. The summed E-state index contributed by atoms with van der Waals surface area (Å²) in [6.45, 7) is 4.49. The van der Waals surface area contributed by atoms with E-state index in [-0.39, 0.29) is 5.54 Å². The minimum absolute atomic E-state index is 0.0218. The number of hydrogen-bond donors (Lipinski definition) is 1. The summed E-state index contributed by atoms with van der Waals surface area (Å²) in [4.78, 5) is 0. The Balaban J connectivity index is 2.18. The number of nitrogens with two attached hydrogens (primary N) is 1. The second-order valence-corrected chi connectivity index (χ2v) is 4.59. The minimum Gasteiger partial charge on any atom is -0.321 e. The average molecular weight is 189 g/mol. The molecule has 1 saturated carbocycles. The van der Waals surface area contributed by atoms with E-state index in [1.54, 1.807) is 0 Å². The van der Waals surface area contributed by atoms with Crippen molar-refractivity contribution in [2.24, 2.45) is 5.73 Å². The van der Waals surface area contributed by atoms with Gasteiger partial charge in [0.25, 0.3) is 0 Å². The normalized spacial score (nSPS) is 20.5. The van der Waals surface area contributed by atoms with Crippen molar-refractivity contribution in [2.45, 2.75) is 44.6 Å². The van der Waals surface area contributed by atoms with Crippen LogP contribution in [0.3, 0.4) is 0 Å². The predicted molar refractivity (Wildman–Crippen MR) is 60.2 cm³/mol. The molecule has 1 nitrogen and oxygen atoms in total. The molecule has 1 atom stereocenters. The Morgan fingerprint density at radius 2 is 1.86 bits per heavy atom. The lowest BCUT2D eigenvalue weighted by molar-refractivity contribution is 0.721. The lowest BCUT2D eigenvalue weighted by Crippen LogP contribution is -2.18. The van der Waals surface area contributed by atoms with Crippen molar-refractivity contribution in [2.75, 3.05) is 0 Å². The van der Waals surface area contributed by atoms with Crippen LogP contribution < -0.4 is 5.73 Å². The van der Waals surface area contributed by atoms with Gasteiger partial charge < -0.3 is 5.73 Å². The van der Waals surface area contributed by atoms with Crippen LogP contribution in [0.2, 0.25) is 0 Å². The molecule has 14 heavy (non-hydrogen) atoms. The molecule has 0 aliphatic heterocycles. The molecule has 2 rings (SSSR count). The molecular weight excluding hydrogens is 170 g/mol. The summed E-state index contributed by atoms with van der Waals surface area (Å²) >= 11 is 0. The number of benzene rings is 1. The van der Waals surface area contributed by atoms with Crippen LogP contribution in [0.4, 0.5) is 0 Å². The maximum atomic E-state index is 6.13. The predicted octanol–water partition coefficient (Wildman–Crippen LogP) is 3.15. The Morgan fingerprint density at radius 3 is 2.29 bits per heavy atom. The molecule has 0 bridgehead atoms. The molecule has 1 aliphatic carbocycles. The molecule has 1 heteroatoms. The van der Waals surface area contributed by atoms with Crippen LogP contribution in [-0.4, -0.2) is 0 Å². The first-order chi connectivity index (χ1) is 6.65. The summed E-state index contributed by atoms with van der Waals surface area (Å²) in [5, 5.41) is 0. The zero-order chi connectivity index (χ0) is 10.2. The molecule has 1 aromatic rings. The van der Waals surface area contributed by atoms with E-state index in [0.29, 0.717) is 5.92 Å². The third-order valence-corrected chi connectivity index (χ3v) is 3.46. The molecular formula is C13H19N. The summed E-state index contributed by atoms with van der Waals surface area (Å²) in [5.41, 5.74) is 8.89. The molecule has 0 aromatic heterocycles. The lowest BCUT2D eigenvalue weighted by Gasteiger charge is -2.12. The Hall–Kier alpha value is -0.820. The molecule has 2 N–H and O–H groups in total. The van der Waals surface area contributed by atoms with Crippen LogP contribution in [0.1, 0.15) is 50.2 Å². The monoisotopic (exact) mass is 189 g/mol. The number of hydrogen-bond acceptors (Lipinski definition) is 1. The van der Waals surface area contributed by atoms with E-state index in [1.807, 2.05) is 0 Å². The zero-order valence-corrected chi connectivity index (χ0v) is 9.09. The molecule has 0 spiro atoms. The van der Waals surface area contributed by atoms with Gasteiger partial charge in [-0.1, -0.05) is 38.1 Å². The second kappa shape index (κ2) is 3.39. The summed E-state index contributed by atoms with van der Waals surface area (Å²) in [5.74, 6) is 0.664. The van der Waals surface area contributed by atoms with Gasteiger partial charge in [-0.3, -0.25) is 0 Å². The van der Waals surface area contributed by atoms with Gasteiger partial charge >= 0.3 is 0 Å². The van der Waals surface area contributed by atoms with Gasteiger partial charge in [0.2, 0.25) is 0 Å². The second-order valence-electron chi connectivity index (χ2n) is 4.59. The van der Waals surface area contributed by atoms with E-state index in [1.165, 1.54) is 17.5 Å². The fraction of sp³-hybridized carbons (Fsp3) is 0.538. The van der Waals surface area contributed by atoms with E-state index in [4.69, 9.17) is 5.73 Å². The molecule has 0 heterocycles. The van der Waals surface area contributed by atoms with Crippen LogP contribution >= 0.6 is 0 Å². The maximum Gasteiger partial charge on any atom is 0.0411 e. The van der Waals surface area contributed by atoms with E-state index in [2.05, 4.69) is 38.1 Å². The molecule has 0 radical (unpaired) electrons. The highest BCUT2D eigenvalue weighted by atomic mass is 14.8. The molecule has 76 valence electrons. The Labute approximate surface area is 86.3 Å². The van der Waals surface area contributed by atoms with Crippen molar-refractivity contribution in [3.63, 3.8) is 0 Å². The highest BCUT2D eigenvalue weighted by molar-refractivity contribution is 5.33. The minimum atomic E-state index is 0.0218. The van der Waals surface area contributed by atoms with Crippen molar-refractivity contribution in [1.82, 2.24) is 0 Å². The zero-order valence-electron chi connectivity index (χ0n) is 9.09. The summed E-state index contributed by atoms with van der Waals surface area (Å²) < 4.78 is 0. The van der Waals surface area contributed by atoms with E-state index in [0.717, 1.165) is 12.8 Å². The Bertz CT molecular complexity index is 309. The van der Waals surface area contributed by atoms with Gasteiger partial charge in [-0.25, -0.2) is 0 Å². The third-order valence-electron chi connectivity index (χ3n) is 3.46. The van der Waals surface area contributed by atoms with Crippen molar-refractivity contribution in [3.8, 4) is 0 Å². The topological polar surface area (TPSA) is 26.0 Å². The van der Waals surface area contributed by atoms with Gasteiger partial charge in [0.15, 0.2) is 0 Å². The summed E-state index contributed by atoms with van der Waals surface area (Å²) in [6, 6.07) is 8.87. The van der Waals surface area contributed by atoms with Crippen molar-refractivity contribution in [3.05, 3.63) is 35.4 Å². The first kappa shape index (κ1) is 9.72. The van der Waals surface area contributed by atoms with Crippen molar-refractivity contribution < 1.29 is 0 Å². The van der Waals surface area contributed by atoms with Gasteiger partial charge in [0.05, 0.1) is 0 Å². The largest absolute Gasteiger partial charge is 0.321 e. The van der Waals surface area contributed by atoms with E-state index >= 15 is 0 Å². The maximum absolute atomic E-state index is 6.13. The standard InChI is InChI=1S/C13H19N/c1-3-10(2)11-4-6-12(7-5-11)13(14)8-9-13/h4-7,10H,3,8-9,14H2,1-2H3. The Kier molecular flexibility index (Phi) is 2.36. The average Bonchev–Trinajstić information content (AvgIpc) is 2.97. The summed E-state index contributed by atoms with van der Waals surface area (Å²) in [6.07, 6.45) is 3.50. The molecule has 1 aliphatic rings. The van der Waals surface area contributed by atoms with E-state index in [9.17, 15) is 0 Å². The van der Waals surface area contributed by atoms with Crippen LogP contribution in [-0.2, 0) is 5.54 Å². The SMILES string of the molecule is CCC(C)c1ccc(C2(N)CC2)cc1. The molecule has 1 fully saturated rings. The van der Waals surface area contributed by atoms with Gasteiger partial charge in [0, 0.05) is 5.54 Å². The van der Waals surface area contributed by atoms with Crippen LogP contribution in [0, 0.1) is 0 Å². The first-order valence-corrected chi connectivity index (χ1v) is 5.55. The Morgan fingerprint density at radius 1 is 1.29 bits per heavy atom. The van der Waals surface area contributed by atoms with Crippen molar-refractivity contribution in [1.29, 1.82) is 0 Å². The van der Waals surface area contributed by atoms with Crippen LogP contribution in [0.15, 0.2) is 24.3 Å². The van der Waals surface area contributed by atoms with Gasteiger partial charge in [-0.05, 0) is 36.3 Å². The molecule has 0 amide bonds. The van der Waals surface area contributed by atoms with Crippen molar-refractivity contribution >= 4 is 0 Å². The smallest absolute Gasteiger partial charge is 0.0411 e. The molecule has 1 unspecified atom stereocenters. The van der Waals surface area contributed by atoms with Crippen LogP contribution in [0.25, 0.3) is 0 Å². The lowest BCUT2D eigenvalue weighted by atomic mass is 9.95. The fourth-order valence-corrected chi connectivity index (χ4v) is 1.80. The number of rotatable bonds is 3. The first-order valence-electron chi connectivity index (χ1n) is 5.55. The van der Waals surface area contributed by atoms with Gasteiger partial charge in [-0.2, -0.15) is 0 Å². The fourth-order valence-electron chi connectivity index (χ4n) is 1.80. The summed E-state index contributed by atoms with van der Waals surface area (Å²) in [7, 11) is 0. The van der Waals surface area contributed by atoms with Crippen LogP contribution in [0.5, 0.6) is 0 Å². The highest BCUT2D eigenvalue weighted by Crippen LogP contribution is 2.42. The van der Waals surface area contributed by atoms with Gasteiger partial charge in [-0.15, -0.1) is 0 Å². The quantitative estimate of drug-likeness (QED) is 0.776. The molecule has 0 saturated heterocycles. The highest BCUT2D eigenvalue weighted by Gasteiger charge is 2.39.